The standard InChI is InChI=1S/C23H13Br2F2N3O5/c1-33-22(32)17-16(12-8-11(25)3-5-14(12)27)18-20(35-23(28)29-18)30-15(21(31)34-19(17)30)7-9-6-10(24)2-4-13(9)26/h2-8,16H,1H3,(H2,28,29)/b15-7+/t16-/m1/s1. The molecule has 5 rings (SSSR count). The second kappa shape index (κ2) is 8.61. The lowest BCUT2D eigenvalue weighted by atomic mass is 9.86. The smallest absolute Gasteiger partial charge is 0.362 e. The van der Waals surface area contributed by atoms with Gasteiger partial charge in [0, 0.05) is 20.1 Å². The van der Waals surface area contributed by atoms with E-state index in [1.165, 1.54) is 42.5 Å². The van der Waals surface area contributed by atoms with E-state index < -0.39 is 29.1 Å². The summed E-state index contributed by atoms with van der Waals surface area (Å²) in [6.07, 6.45) is 1.23. The van der Waals surface area contributed by atoms with Crippen molar-refractivity contribution in [3.8, 4) is 5.88 Å². The Balaban J connectivity index is 1.95. The number of ether oxygens (including phenoxy) is 1. The molecule has 8 nitrogen and oxygen atoms in total. The Morgan fingerprint density at radius 1 is 1.14 bits per heavy atom. The molecule has 2 aromatic heterocycles. The molecule has 12 heteroatoms. The zero-order valence-corrected chi connectivity index (χ0v) is 20.8. The molecule has 0 saturated carbocycles. The highest BCUT2D eigenvalue weighted by atomic mass is 79.9. The Hall–Kier alpha value is -3.51. The minimum Gasteiger partial charge on any atom is -0.465 e. The van der Waals surface area contributed by atoms with Crippen LogP contribution >= 0.6 is 31.9 Å². The minimum absolute atomic E-state index is 0.0352. The fraction of sp³-hybridized carbons (Fsp3) is 0.0870. The van der Waals surface area contributed by atoms with Crippen LogP contribution in [-0.4, -0.2) is 22.6 Å². The van der Waals surface area contributed by atoms with Crippen molar-refractivity contribution < 1.29 is 27.1 Å². The molecular formula is C23H13Br2F2N3O5. The average molecular weight is 609 g/mol. The molecule has 0 bridgehead atoms. The number of fused-ring (bicyclic) bond motifs is 3. The summed E-state index contributed by atoms with van der Waals surface area (Å²) in [6.45, 7) is 0. The SMILES string of the molecule is COC(=O)C1=c2oc(=O)/c(=C\c3cc(Br)ccc3F)n2-c2oc(N)nc2[C@@H]1c1cc(Br)ccc1F. The van der Waals surface area contributed by atoms with Crippen LogP contribution in [0.2, 0.25) is 0 Å². The zero-order chi connectivity index (χ0) is 25.0. The normalized spacial score (nSPS) is 15.2. The fourth-order valence-corrected chi connectivity index (χ4v) is 4.72. The van der Waals surface area contributed by atoms with Crippen molar-refractivity contribution in [2.45, 2.75) is 5.92 Å². The number of halogens is 4. The lowest BCUT2D eigenvalue weighted by molar-refractivity contribution is -0.134. The van der Waals surface area contributed by atoms with Gasteiger partial charge in [0.25, 0.3) is 6.01 Å². The molecule has 0 spiro atoms. The number of aromatic nitrogens is 2. The number of anilines is 1. The quantitative estimate of drug-likeness (QED) is 0.356. The first-order chi connectivity index (χ1) is 16.7. The van der Waals surface area contributed by atoms with Crippen molar-refractivity contribution in [2.24, 2.45) is 0 Å². The van der Waals surface area contributed by atoms with E-state index in [-0.39, 0.29) is 45.2 Å². The first kappa shape index (κ1) is 23.2. The monoisotopic (exact) mass is 607 g/mol. The molecule has 0 radical (unpaired) electrons. The third kappa shape index (κ3) is 3.82. The summed E-state index contributed by atoms with van der Waals surface area (Å²) in [7, 11) is 1.13. The summed E-state index contributed by atoms with van der Waals surface area (Å²) >= 11 is 6.56. The summed E-state index contributed by atoms with van der Waals surface area (Å²) in [5.74, 6) is -3.43. The van der Waals surface area contributed by atoms with Gasteiger partial charge in [-0.05, 0) is 42.5 Å². The van der Waals surface area contributed by atoms with E-state index in [0.29, 0.717) is 8.95 Å². The molecular weight excluding hydrogens is 596 g/mol. The van der Waals surface area contributed by atoms with Gasteiger partial charge in [-0.1, -0.05) is 31.9 Å². The predicted molar refractivity (Wildman–Crippen MR) is 127 cm³/mol. The van der Waals surface area contributed by atoms with Gasteiger partial charge in [0.05, 0.1) is 13.0 Å². The Labute approximate surface area is 211 Å². The predicted octanol–water partition coefficient (Wildman–Crippen LogP) is 3.10. The largest absolute Gasteiger partial charge is 0.465 e. The van der Waals surface area contributed by atoms with E-state index in [9.17, 15) is 18.4 Å². The van der Waals surface area contributed by atoms with Crippen LogP contribution < -0.4 is 22.3 Å². The number of carbonyl (C=O) groups excluding carboxylic acids is 1. The number of carbonyl (C=O) groups is 1. The lowest BCUT2D eigenvalue weighted by Gasteiger charge is -2.22. The van der Waals surface area contributed by atoms with E-state index in [1.54, 1.807) is 0 Å². The van der Waals surface area contributed by atoms with Gasteiger partial charge < -0.3 is 19.3 Å². The molecule has 0 fully saturated rings. The molecule has 0 saturated heterocycles. The Morgan fingerprint density at radius 3 is 2.54 bits per heavy atom. The molecule has 0 amide bonds. The Kier molecular flexibility index (Phi) is 5.72. The minimum atomic E-state index is -1.18. The Morgan fingerprint density at radius 2 is 1.83 bits per heavy atom. The van der Waals surface area contributed by atoms with E-state index in [4.69, 9.17) is 19.3 Å². The Bertz CT molecular complexity index is 1710. The van der Waals surface area contributed by atoms with Crippen LogP contribution in [0.5, 0.6) is 0 Å². The number of nitrogens with two attached hydrogens (primary N) is 1. The van der Waals surface area contributed by atoms with Gasteiger partial charge in [0.2, 0.25) is 11.4 Å². The number of nitrogen functional groups attached to an aromatic ring is 1. The van der Waals surface area contributed by atoms with Crippen LogP contribution in [-0.2, 0) is 9.53 Å². The van der Waals surface area contributed by atoms with Gasteiger partial charge >= 0.3 is 11.6 Å². The number of rotatable bonds is 3. The number of benzene rings is 2. The molecule has 2 N–H and O–H groups in total. The molecule has 1 aliphatic heterocycles. The van der Waals surface area contributed by atoms with Gasteiger partial charge in [-0.25, -0.2) is 22.9 Å². The van der Waals surface area contributed by atoms with Gasteiger partial charge in [-0.2, -0.15) is 4.98 Å². The third-order valence-corrected chi connectivity index (χ3v) is 6.40. The maximum atomic E-state index is 15.0. The number of hydrogen-bond donors (Lipinski definition) is 1. The summed E-state index contributed by atoms with van der Waals surface area (Å²) in [4.78, 5) is 30.1. The molecule has 4 aromatic rings. The number of hydrogen-bond acceptors (Lipinski definition) is 7. The highest BCUT2D eigenvalue weighted by Crippen LogP contribution is 2.40. The topological polar surface area (TPSA) is 113 Å². The van der Waals surface area contributed by atoms with Crippen molar-refractivity contribution in [3.05, 3.63) is 95.1 Å². The van der Waals surface area contributed by atoms with Crippen LogP contribution in [0.3, 0.4) is 0 Å². The average Bonchev–Trinajstić information content (AvgIpc) is 3.35. The van der Waals surface area contributed by atoms with Crippen LogP contribution in [0.15, 0.2) is 59.0 Å². The van der Waals surface area contributed by atoms with Crippen LogP contribution in [0.4, 0.5) is 14.8 Å². The molecule has 0 unspecified atom stereocenters. The first-order valence-electron chi connectivity index (χ1n) is 9.92. The molecule has 2 aromatic carbocycles. The maximum Gasteiger partial charge on any atom is 0.362 e. The molecule has 0 aliphatic carbocycles. The number of esters is 1. The van der Waals surface area contributed by atoms with E-state index in [2.05, 4.69) is 36.8 Å². The number of methoxy groups -OCH3 is 1. The summed E-state index contributed by atoms with van der Waals surface area (Å²) in [6, 6.07) is 8.02. The molecule has 1 aliphatic rings. The van der Waals surface area contributed by atoms with Gasteiger partial charge in [-0.15, -0.1) is 0 Å². The van der Waals surface area contributed by atoms with Crippen molar-refractivity contribution in [2.75, 3.05) is 12.8 Å². The van der Waals surface area contributed by atoms with Crippen molar-refractivity contribution in [3.63, 3.8) is 0 Å². The van der Waals surface area contributed by atoms with E-state index >= 15 is 0 Å². The van der Waals surface area contributed by atoms with Crippen molar-refractivity contribution in [1.82, 2.24) is 9.55 Å². The number of oxazole rings is 2. The molecule has 1 atom stereocenters. The zero-order valence-electron chi connectivity index (χ0n) is 17.6. The molecule has 35 heavy (non-hydrogen) atoms. The van der Waals surface area contributed by atoms with E-state index in [0.717, 1.165) is 11.7 Å². The van der Waals surface area contributed by atoms with Gasteiger partial charge in [0.15, 0.2) is 0 Å². The summed E-state index contributed by atoms with van der Waals surface area (Å²) in [5.41, 5.74) is 4.56. The van der Waals surface area contributed by atoms with Crippen molar-refractivity contribution >= 4 is 55.5 Å². The van der Waals surface area contributed by atoms with E-state index in [1.807, 2.05) is 0 Å². The van der Waals surface area contributed by atoms with Crippen LogP contribution in [0, 0.1) is 11.6 Å². The second-order valence-electron chi connectivity index (χ2n) is 7.47. The van der Waals surface area contributed by atoms with Crippen molar-refractivity contribution in [1.29, 1.82) is 0 Å². The highest BCUT2D eigenvalue weighted by molar-refractivity contribution is 9.10. The maximum absolute atomic E-state index is 15.0. The molecule has 178 valence electrons. The summed E-state index contributed by atoms with van der Waals surface area (Å²) < 4.78 is 47.7. The first-order valence-corrected chi connectivity index (χ1v) is 11.5. The lowest BCUT2D eigenvalue weighted by Crippen LogP contribution is -2.37. The highest BCUT2D eigenvalue weighted by Gasteiger charge is 2.40. The van der Waals surface area contributed by atoms with Crippen LogP contribution in [0.1, 0.15) is 22.7 Å². The van der Waals surface area contributed by atoms with Crippen LogP contribution in [0.25, 0.3) is 17.5 Å². The second-order valence-corrected chi connectivity index (χ2v) is 9.30. The van der Waals surface area contributed by atoms with Gasteiger partial charge in [0.1, 0.15) is 28.3 Å². The summed E-state index contributed by atoms with van der Waals surface area (Å²) in [5, 5.41) is -0.177. The molecule has 3 heterocycles. The fourth-order valence-electron chi connectivity index (χ4n) is 3.96. The third-order valence-electron chi connectivity index (χ3n) is 5.41. The van der Waals surface area contributed by atoms with Gasteiger partial charge in [-0.3, -0.25) is 0 Å². The number of nitrogens with zero attached hydrogens (tertiary/aromatic N) is 2.